The molecule has 1 unspecified atom stereocenters. The van der Waals surface area contributed by atoms with Gasteiger partial charge in [0.15, 0.2) is 11.5 Å². The maximum Gasteiger partial charge on any atom is 0.222 e. The van der Waals surface area contributed by atoms with E-state index in [4.69, 9.17) is 21.1 Å². The second-order valence-electron chi connectivity index (χ2n) is 4.03. The number of carbonyl (C=O) groups is 1. The number of ether oxygens (including phenoxy) is 2. The number of halogens is 1. The van der Waals surface area contributed by atoms with E-state index < -0.39 is 0 Å². The zero-order chi connectivity index (χ0) is 12.1. The normalized spacial score (nSPS) is 20.2. The minimum absolute atomic E-state index is 0.107. The highest BCUT2D eigenvalue weighted by Crippen LogP contribution is 2.27. The van der Waals surface area contributed by atoms with Crippen molar-refractivity contribution < 1.29 is 14.3 Å². The molecule has 0 saturated carbocycles. The summed E-state index contributed by atoms with van der Waals surface area (Å²) in [6.45, 7) is 3.92. The van der Waals surface area contributed by atoms with Crippen molar-refractivity contribution in [2.45, 2.75) is 32.8 Å². The van der Waals surface area contributed by atoms with Gasteiger partial charge in [0.05, 0.1) is 13.2 Å². The van der Waals surface area contributed by atoms with E-state index in [9.17, 15) is 4.79 Å². The fourth-order valence-electron chi connectivity index (χ4n) is 1.60. The monoisotopic (exact) mass is 244 g/mol. The van der Waals surface area contributed by atoms with Crippen molar-refractivity contribution in [3.05, 3.63) is 23.7 Å². The smallest absolute Gasteiger partial charge is 0.222 e. The zero-order valence-electron chi connectivity index (χ0n) is 9.83. The highest BCUT2D eigenvalue weighted by atomic mass is 35.5. The molecule has 0 saturated heterocycles. The van der Waals surface area contributed by atoms with E-state index in [1.165, 1.54) is 0 Å². The molecule has 0 aromatic heterocycles. The molecule has 16 heavy (non-hydrogen) atoms. The van der Waals surface area contributed by atoms with Crippen LogP contribution in [-0.4, -0.2) is 18.5 Å². The Labute approximate surface area is 101 Å². The van der Waals surface area contributed by atoms with Crippen molar-refractivity contribution >= 4 is 16.8 Å². The summed E-state index contributed by atoms with van der Waals surface area (Å²) < 4.78 is 10.8. The Bertz CT molecular complexity index is 318. The highest BCUT2D eigenvalue weighted by Gasteiger charge is 2.19. The molecule has 0 N–H and O–H groups in total. The molecule has 90 valence electrons. The van der Waals surface area contributed by atoms with Crippen LogP contribution in [0.15, 0.2) is 23.7 Å². The van der Waals surface area contributed by atoms with Gasteiger partial charge >= 0.3 is 0 Å². The summed E-state index contributed by atoms with van der Waals surface area (Å²) in [5.41, 5.74) is 0. The molecule has 0 amide bonds. The van der Waals surface area contributed by atoms with Gasteiger partial charge in [0, 0.05) is 6.42 Å². The lowest BCUT2D eigenvalue weighted by atomic mass is 9.96. The van der Waals surface area contributed by atoms with Gasteiger partial charge in [-0.05, 0) is 49.9 Å². The van der Waals surface area contributed by atoms with E-state index in [1.54, 1.807) is 7.11 Å². The van der Waals surface area contributed by atoms with Gasteiger partial charge in [0.2, 0.25) is 5.24 Å². The average Bonchev–Trinajstić information content (AvgIpc) is 2.18. The van der Waals surface area contributed by atoms with Crippen molar-refractivity contribution in [2.75, 3.05) is 7.11 Å². The maximum absolute atomic E-state index is 10.8. The van der Waals surface area contributed by atoms with Gasteiger partial charge in [-0.2, -0.15) is 0 Å². The molecule has 4 heteroatoms. The number of methoxy groups -OCH3 is 1. The lowest BCUT2D eigenvalue weighted by Gasteiger charge is -2.22. The molecule has 0 aromatic carbocycles. The molecule has 0 spiro atoms. The first-order chi connectivity index (χ1) is 7.52. The average molecular weight is 245 g/mol. The van der Waals surface area contributed by atoms with Crippen molar-refractivity contribution in [3.8, 4) is 0 Å². The van der Waals surface area contributed by atoms with Crippen LogP contribution in [0, 0.1) is 5.92 Å². The lowest BCUT2D eigenvalue weighted by molar-refractivity contribution is -0.112. The number of hydrogen-bond donors (Lipinski definition) is 0. The summed E-state index contributed by atoms with van der Waals surface area (Å²) in [4.78, 5) is 10.8. The standard InChI is InChI=1S/C12H17ClO3/c1-8(2)16-10-5-4-9(7-12(13)14)6-11(10)15-3/h5-6,8-9H,4,7H2,1-3H3. The minimum atomic E-state index is -0.321. The molecule has 0 fully saturated rings. The van der Waals surface area contributed by atoms with Gasteiger partial charge in [-0.15, -0.1) is 0 Å². The van der Waals surface area contributed by atoms with E-state index in [0.717, 1.165) is 12.2 Å². The van der Waals surface area contributed by atoms with Crippen LogP contribution in [0.4, 0.5) is 0 Å². The maximum atomic E-state index is 10.8. The van der Waals surface area contributed by atoms with E-state index in [1.807, 2.05) is 26.0 Å². The predicted molar refractivity (Wildman–Crippen MR) is 63.0 cm³/mol. The van der Waals surface area contributed by atoms with Crippen LogP contribution in [-0.2, 0) is 14.3 Å². The SMILES string of the molecule is COC1=CC(CC(=O)Cl)CC=C1OC(C)C. The lowest BCUT2D eigenvalue weighted by Crippen LogP contribution is -2.12. The van der Waals surface area contributed by atoms with Crippen LogP contribution in [0.25, 0.3) is 0 Å². The number of allylic oxidation sites excluding steroid dienone is 2. The van der Waals surface area contributed by atoms with Crippen molar-refractivity contribution in [2.24, 2.45) is 5.92 Å². The third-order valence-electron chi connectivity index (χ3n) is 2.24. The highest BCUT2D eigenvalue weighted by molar-refractivity contribution is 6.63. The number of rotatable bonds is 5. The van der Waals surface area contributed by atoms with E-state index in [-0.39, 0.29) is 17.3 Å². The molecule has 0 aliphatic heterocycles. The Hall–Kier alpha value is -0.960. The summed E-state index contributed by atoms with van der Waals surface area (Å²) in [6, 6.07) is 0. The second kappa shape index (κ2) is 5.94. The van der Waals surface area contributed by atoms with Crippen LogP contribution < -0.4 is 0 Å². The molecule has 3 nitrogen and oxygen atoms in total. The van der Waals surface area contributed by atoms with Gasteiger partial charge in [-0.25, -0.2) is 0 Å². The molecule has 0 aromatic rings. The molecule has 1 aliphatic rings. The Morgan fingerprint density at radius 3 is 2.75 bits per heavy atom. The third-order valence-corrected chi connectivity index (χ3v) is 2.40. The Morgan fingerprint density at radius 2 is 2.25 bits per heavy atom. The first kappa shape index (κ1) is 13.1. The number of hydrogen-bond acceptors (Lipinski definition) is 3. The molecule has 0 radical (unpaired) electrons. The molecule has 1 rings (SSSR count). The van der Waals surface area contributed by atoms with E-state index in [0.29, 0.717) is 12.2 Å². The summed E-state index contributed by atoms with van der Waals surface area (Å²) in [7, 11) is 1.59. The minimum Gasteiger partial charge on any atom is -0.493 e. The van der Waals surface area contributed by atoms with Crippen LogP contribution in [0.3, 0.4) is 0 Å². The third kappa shape index (κ3) is 3.89. The molecular weight excluding hydrogens is 228 g/mol. The number of carbonyl (C=O) groups excluding carboxylic acids is 1. The predicted octanol–water partition coefficient (Wildman–Crippen LogP) is 3.00. The van der Waals surface area contributed by atoms with Crippen molar-refractivity contribution in [3.63, 3.8) is 0 Å². The van der Waals surface area contributed by atoms with Crippen LogP contribution in [0.1, 0.15) is 26.7 Å². The van der Waals surface area contributed by atoms with Crippen LogP contribution in [0.2, 0.25) is 0 Å². The molecule has 1 aliphatic carbocycles. The van der Waals surface area contributed by atoms with E-state index >= 15 is 0 Å². The van der Waals surface area contributed by atoms with Gasteiger partial charge in [-0.3, -0.25) is 4.79 Å². The topological polar surface area (TPSA) is 35.5 Å². The summed E-state index contributed by atoms with van der Waals surface area (Å²) >= 11 is 5.36. The molecule has 0 bridgehead atoms. The van der Waals surface area contributed by atoms with E-state index in [2.05, 4.69) is 0 Å². The van der Waals surface area contributed by atoms with Crippen LogP contribution >= 0.6 is 11.6 Å². The quantitative estimate of drug-likeness (QED) is 0.698. The largest absolute Gasteiger partial charge is 0.493 e. The second-order valence-corrected chi connectivity index (χ2v) is 4.45. The Kier molecular flexibility index (Phi) is 4.87. The molecular formula is C12H17ClO3. The van der Waals surface area contributed by atoms with Crippen molar-refractivity contribution in [1.29, 1.82) is 0 Å². The van der Waals surface area contributed by atoms with Gasteiger partial charge in [-0.1, -0.05) is 0 Å². The fourth-order valence-corrected chi connectivity index (χ4v) is 1.80. The Morgan fingerprint density at radius 1 is 1.56 bits per heavy atom. The first-order valence-corrected chi connectivity index (χ1v) is 5.72. The Balaban J connectivity index is 2.69. The molecule has 1 atom stereocenters. The summed E-state index contributed by atoms with van der Waals surface area (Å²) in [5.74, 6) is 1.54. The van der Waals surface area contributed by atoms with Crippen LogP contribution in [0.5, 0.6) is 0 Å². The van der Waals surface area contributed by atoms with Gasteiger partial charge in [0.25, 0.3) is 0 Å². The van der Waals surface area contributed by atoms with Gasteiger partial charge < -0.3 is 9.47 Å². The fraction of sp³-hybridized carbons (Fsp3) is 0.583. The summed E-state index contributed by atoms with van der Waals surface area (Å²) in [6.07, 6.45) is 5.05. The summed E-state index contributed by atoms with van der Waals surface area (Å²) in [5, 5.41) is -0.321. The van der Waals surface area contributed by atoms with Crippen molar-refractivity contribution in [1.82, 2.24) is 0 Å². The first-order valence-electron chi connectivity index (χ1n) is 5.34. The molecule has 0 heterocycles. The van der Waals surface area contributed by atoms with Gasteiger partial charge in [0.1, 0.15) is 0 Å². The zero-order valence-corrected chi connectivity index (χ0v) is 10.6.